The molecule has 1 aromatic carbocycles. The smallest absolute Gasteiger partial charge is 0.226 e. The van der Waals surface area contributed by atoms with Crippen molar-refractivity contribution >= 4 is 23.4 Å². The van der Waals surface area contributed by atoms with Crippen LogP contribution >= 0.6 is 11.6 Å². The van der Waals surface area contributed by atoms with Crippen LogP contribution in [0.4, 0.5) is 0 Å². The van der Waals surface area contributed by atoms with Crippen LogP contribution in [0.25, 0.3) is 0 Å². The zero-order valence-corrected chi connectivity index (χ0v) is 14.0. The number of carbonyl (C=O) groups excluding carboxylic acids is 2. The Morgan fingerprint density at radius 2 is 2.00 bits per heavy atom. The summed E-state index contributed by atoms with van der Waals surface area (Å²) in [7, 11) is 1.79. The summed E-state index contributed by atoms with van der Waals surface area (Å²) >= 11 is 5.92. The van der Waals surface area contributed by atoms with Gasteiger partial charge in [-0.25, -0.2) is 0 Å². The van der Waals surface area contributed by atoms with Crippen LogP contribution in [0.5, 0.6) is 0 Å². The molecule has 0 saturated carbocycles. The Labute approximate surface area is 141 Å². The van der Waals surface area contributed by atoms with Gasteiger partial charge in [0.05, 0.1) is 13.2 Å². The number of hydrogen-bond donors (Lipinski definition) is 0. The molecular weight excluding hydrogens is 316 g/mol. The van der Waals surface area contributed by atoms with Crippen LogP contribution in [0.15, 0.2) is 24.3 Å². The highest BCUT2D eigenvalue weighted by molar-refractivity contribution is 6.30. The van der Waals surface area contributed by atoms with Gasteiger partial charge in [-0.3, -0.25) is 9.59 Å². The molecular formula is C17H21ClN2O3. The fraction of sp³-hybridized carbons (Fsp3) is 0.529. The molecule has 5 nitrogen and oxygen atoms in total. The van der Waals surface area contributed by atoms with Gasteiger partial charge in [-0.05, 0) is 24.1 Å². The van der Waals surface area contributed by atoms with E-state index in [1.165, 1.54) is 0 Å². The molecule has 2 saturated heterocycles. The van der Waals surface area contributed by atoms with Gasteiger partial charge >= 0.3 is 0 Å². The lowest BCUT2D eigenvalue weighted by Gasteiger charge is -2.37. The average molecular weight is 337 g/mol. The number of rotatable bonds is 2. The maximum absolute atomic E-state index is 12.7. The first-order valence-corrected chi connectivity index (χ1v) is 8.32. The van der Waals surface area contributed by atoms with Gasteiger partial charge in [-0.15, -0.1) is 0 Å². The van der Waals surface area contributed by atoms with E-state index >= 15 is 0 Å². The molecule has 2 fully saturated rings. The van der Waals surface area contributed by atoms with E-state index in [0.29, 0.717) is 37.7 Å². The number of carbonyl (C=O) groups is 2. The molecule has 2 aliphatic rings. The van der Waals surface area contributed by atoms with E-state index in [9.17, 15) is 9.59 Å². The lowest BCUT2D eigenvalue weighted by Crippen LogP contribution is -2.48. The minimum atomic E-state index is -0.192. The summed E-state index contributed by atoms with van der Waals surface area (Å²) in [6.07, 6.45) is 0.925. The molecule has 0 unspecified atom stereocenters. The predicted octanol–water partition coefficient (Wildman–Crippen LogP) is 2.11. The summed E-state index contributed by atoms with van der Waals surface area (Å²) < 4.78 is 5.80. The molecule has 2 heterocycles. The molecule has 23 heavy (non-hydrogen) atoms. The van der Waals surface area contributed by atoms with Gasteiger partial charge in [0.15, 0.2) is 0 Å². The zero-order chi connectivity index (χ0) is 16.4. The van der Waals surface area contributed by atoms with Gasteiger partial charge in [0.25, 0.3) is 0 Å². The van der Waals surface area contributed by atoms with Crippen LogP contribution in [-0.4, -0.2) is 54.9 Å². The molecule has 124 valence electrons. The minimum absolute atomic E-state index is 0.0529. The van der Waals surface area contributed by atoms with Crippen LogP contribution in [0.1, 0.15) is 24.5 Å². The largest absolute Gasteiger partial charge is 0.370 e. The van der Waals surface area contributed by atoms with Crippen molar-refractivity contribution in [2.45, 2.75) is 18.9 Å². The molecule has 2 amide bonds. The first kappa shape index (κ1) is 16.3. The Hall–Kier alpha value is -1.59. The summed E-state index contributed by atoms with van der Waals surface area (Å²) in [5, 5.41) is 0.683. The number of nitrogens with zero attached hydrogens (tertiary/aromatic N) is 2. The van der Waals surface area contributed by atoms with Gasteiger partial charge in [0, 0.05) is 37.5 Å². The number of likely N-dealkylation sites (tertiary alicyclic amines) is 1. The monoisotopic (exact) mass is 336 g/mol. The van der Waals surface area contributed by atoms with E-state index in [1.807, 2.05) is 29.2 Å². The summed E-state index contributed by atoms with van der Waals surface area (Å²) in [6, 6.07) is 7.52. The van der Waals surface area contributed by atoms with Crippen LogP contribution in [0.2, 0.25) is 5.02 Å². The normalized spacial score (nSPS) is 25.6. The molecule has 1 aromatic rings. The molecule has 0 aromatic heterocycles. The summed E-state index contributed by atoms with van der Waals surface area (Å²) in [6.45, 7) is 2.28. The van der Waals surface area contributed by atoms with Crippen molar-refractivity contribution in [2.24, 2.45) is 5.92 Å². The topological polar surface area (TPSA) is 49.9 Å². The van der Waals surface area contributed by atoms with Crippen molar-refractivity contribution in [2.75, 3.05) is 33.3 Å². The van der Waals surface area contributed by atoms with Crippen molar-refractivity contribution in [3.63, 3.8) is 0 Å². The maximum Gasteiger partial charge on any atom is 0.226 e. The van der Waals surface area contributed by atoms with Crippen molar-refractivity contribution in [1.82, 2.24) is 9.80 Å². The number of morpholine rings is 1. The summed E-state index contributed by atoms with van der Waals surface area (Å²) in [5.74, 6) is -0.0616. The van der Waals surface area contributed by atoms with Crippen molar-refractivity contribution in [3.8, 4) is 0 Å². The summed E-state index contributed by atoms with van der Waals surface area (Å²) in [4.78, 5) is 28.1. The number of amides is 2. The quantitative estimate of drug-likeness (QED) is 0.831. The Kier molecular flexibility index (Phi) is 4.87. The number of piperidine rings is 1. The van der Waals surface area contributed by atoms with Gasteiger partial charge in [-0.1, -0.05) is 23.7 Å². The third kappa shape index (κ3) is 3.67. The molecule has 2 atom stereocenters. The van der Waals surface area contributed by atoms with Gasteiger partial charge in [0.1, 0.15) is 6.10 Å². The first-order chi connectivity index (χ1) is 11.0. The molecule has 0 spiro atoms. The second-order valence-corrected chi connectivity index (χ2v) is 6.64. The number of ether oxygens (including phenoxy) is 1. The van der Waals surface area contributed by atoms with Crippen LogP contribution < -0.4 is 0 Å². The van der Waals surface area contributed by atoms with E-state index in [-0.39, 0.29) is 23.8 Å². The Morgan fingerprint density at radius 1 is 1.26 bits per heavy atom. The lowest BCUT2D eigenvalue weighted by atomic mass is 9.94. The van der Waals surface area contributed by atoms with Gasteiger partial charge in [-0.2, -0.15) is 0 Å². The SMILES string of the molecule is CN1CC[C@@H](C(=O)N2CCO[C@@H](c3ccc(Cl)cc3)C2)CC1=O. The van der Waals surface area contributed by atoms with E-state index in [0.717, 1.165) is 12.0 Å². The molecule has 0 aliphatic carbocycles. The van der Waals surface area contributed by atoms with Crippen LogP contribution in [0, 0.1) is 5.92 Å². The zero-order valence-electron chi connectivity index (χ0n) is 13.2. The lowest BCUT2D eigenvalue weighted by molar-refractivity contribution is -0.149. The third-order valence-corrected chi connectivity index (χ3v) is 4.88. The summed E-state index contributed by atoms with van der Waals surface area (Å²) in [5.41, 5.74) is 1.02. The number of benzene rings is 1. The Balaban J connectivity index is 1.65. The molecule has 3 rings (SSSR count). The second kappa shape index (κ2) is 6.89. The predicted molar refractivity (Wildman–Crippen MR) is 87.1 cm³/mol. The van der Waals surface area contributed by atoms with Crippen molar-refractivity contribution in [1.29, 1.82) is 0 Å². The number of halogens is 1. The molecule has 6 heteroatoms. The van der Waals surface area contributed by atoms with E-state index < -0.39 is 0 Å². The molecule has 0 bridgehead atoms. The van der Waals surface area contributed by atoms with Crippen LogP contribution in [-0.2, 0) is 14.3 Å². The highest BCUT2D eigenvalue weighted by Gasteiger charge is 2.34. The Morgan fingerprint density at radius 3 is 2.70 bits per heavy atom. The second-order valence-electron chi connectivity index (χ2n) is 6.20. The standard InChI is InChI=1S/C17H21ClN2O3/c1-19-7-6-13(10-16(19)21)17(22)20-8-9-23-15(11-20)12-2-4-14(18)5-3-12/h2-5,13,15H,6-11H2,1H3/t13-,15-/m1/s1. The fourth-order valence-corrected chi connectivity index (χ4v) is 3.27. The van der Waals surface area contributed by atoms with E-state index in [4.69, 9.17) is 16.3 Å². The van der Waals surface area contributed by atoms with Crippen molar-refractivity contribution < 1.29 is 14.3 Å². The average Bonchev–Trinajstić information content (AvgIpc) is 2.57. The fourth-order valence-electron chi connectivity index (χ4n) is 3.14. The van der Waals surface area contributed by atoms with E-state index in [1.54, 1.807) is 11.9 Å². The highest BCUT2D eigenvalue weighted by Crippen LogP contribution is 2.26. The molecule has 0 N–H and O–H groups in total. The third-order valence-electron chi connectivity index (χ3n) is 4.63. The van der Waals surface area contributed by atoms with Gasteiger partial charge < -0.3 is 14.5 Å². The van der Waals surface area contributed by atoms with Gasteiger partial charge in [0.2, 0.25) is 11.8 Å². The van der Waals surface area contributed by atoms with Crippen molar-refractivity contribution in [3.05, 3.63) is 34.9 Å². The first-order valence-electron chi connectivity index (χ1n) is 7.94. The molecule has 2 aliphatic heterocycles. The molecule has 0 radical (unpaired) electrons. The maximum atomic E-state index is 12.7. The van der Waals surface area contributed by atoms with E-state index in [2.05, 4.69) is 0 Å². The van der Waals surface area contributed by atoms with Crippen LogP contribution in [0.3, 0.4) is 0 Å². The number of hydrogen-bond acceptors (Lipinski definition) is 3. The Bertz CT molecular complexity index is 590. The minimum Gasteiger partial charge on any atom is -0.370 e. The highest BCUT2D eigenvalue weighted by atomic mass is 35.5.